The Morgan fingerprint density at radius 1 is 1.00 bits per heavy atom. The Morgan fingerprint density at radius 3 is 2.20 bits per heavy atom. The van der Waals surface area contributed by atoms with Gasteiger partial charge in [0, 0.05) is 23.5 Å². The van der Waals surface area contributed by atoms with Crippen LogP contribution in [0, 0.1) is 0 Å². The number of benzene rings is 2. The molecule has 0 bridgehead atoms. The molecular weight excluding hydrogens is 390 g/mol. The van der Waals surface area contributed by atoms with Gasteiger partial charge in [-0.1, -0.05) is 50.2 Å². The smallest absolute Gasteiger partial charge is 0.119 e. The van der Waals surface area contributed by atoms with E-state index in [0.717, 1.165) is 22.8 Å². The van der Waals surface area contributed by atoms with Gasteiger partial charge in [0.05, 0.1) is 18.0 Å². The fourth-order valence-corrected chi connectivity index (χ4v) is 4.39. The van der Waals surface area contributed by atoms with E-state index in [-0.39, 0.29) is 6.61 Å². The number of nitrogens with zero attached hydrogens (tertiary/aromatic N) is 2. The lowest BCUT2D eigenvalue weighted by atomic mass is 9.94. The van der Waals surface area contributed by atoms with Crippen molar-refractivity contribution in [3.8, 4) is 11.3 Å². The summed E-state index contributed by atoms with van der Waals surface area (Å²) in [5.74, 6) is 0.643. The van der Waals surface area contributed by atoms with Gasteiger partial charge in [0.25, 0.3) is 0 Å². The minimum Gasteiger partial charge on any atom is -0.389 e. The zero-order valence-corrected chi connectivity index (χ0v) is 19.2. The summed E-state index contributed by atoms with van der Waals surface area (Å²) in [7, 11) is 0. The van der Waals surface area contributed by atoms with E-state index in [0.29, 0.717) is 12.0 Å². The lowest BCUT2D eigenvalue weighted by Crippen LogP contribution is -2.42. The molecule has 2 aromatic carbocycles. The number of aliphatic hydroxyl groups is 1. The summed E-state index contributed by atoms with van der Waals surface area (Å²) in [6.07, 6.45) is 2.36. The number of aliphatic hydroxyl groups excluding tert-OH is 1. The van der Waals surface area contributed by atoms with E-state index in [9.17, 15) is 5.11 Å². The minimum atomic E-state index is -0.00374. The molecule has 5 heteroatoms. The largest absolute Gasteiger partial charge is 0.389 e. The molecule has 30 heavy (non-hydrogen) atoms. The second-order valence-electron chi connectivity index (χ2n) is 7.89. The molecule has 0 aliphatic heterocycles. The van der Waals surface area contributed by atoms with Crippen molar-refractivity contribution in [3.05, 3.63) is 70.0 Å². The van der Waals surface area contributed by atoms with Crippen molar-refractivity contribution in [2.24, 2.45) is 0 Å². The summed E-state index contributed by atoms with van der Waals surface area (Å²) in [5.41, 5.74) is 9.42. The first kappa shape index (κ1) is 22.5. The second-order valence-corrected chi connectivity index (χ2v) is 8.83. The highest BCUT2D eigenvalue weighted by atomic mass is 32.1. The summed E-state index contributed by atoms with van der Waals surface area (Å²) >= 11 is 1.49. The number of nitrogens with one attached hydrogen (secondary N) is 1. The molecule has 4 nitrogen and oxygen atoms in total. The van der Waals surface area contributed by atoms with Gasteiger partial charge in [-0.05, 0) is 55.9 Å². The number of thiazole rings is 1. The molecule has 0 spiro atoms. The van der Waals surface area contributed by atoms with Gasteiger partial charge in [-0.25, -0.2) is 10.4 Å². The van der Waals surface area contributed by atoms with Crippen LogP contribution in [0.5, 0.6) is 0 Å². The van der Waals surface area contributed by atoms with Gasteiger partial charge in [0.2, 0.25) is 0 Å². The molecule has 0 fully saturated rings. The van der Waals surface area contributed by atoms with Gasteiger partial charge in [-0.15, -0.1) is 11.3 Å². The topological polar surface area (TPSA) is 48.4 Å². The van der Waals surface area contributed by atoms with Gasteiger partial charge in [-0.3, -0.25) is 0 Å². The van der Waals surface area contributed by atoms with E-state index in [1.54, 1.807) is 0 Å². The van der Waals surface area contributed by atoms with Gasteiger partial charge in [-0.2, -0.15) is 0 Å². The van der Waals surface area contributed by atoms with Crippen LogP contribution in [-0.2, 0) is 13.2 Å². The van der Waals surface area contributed by atoms with E-state index in [1.165, 1.54) is 41.0 Å². The molecule has 1 aromatic heterocycles. The second kappa shape index (κ2) is 10.7. The predicted molar refractivity (Wildman–Crippen MR) is 128 cm³/mol. The summed E-state index contributed by atoms with van der Waals surface area (Å²) in [5, 5.41) is 14.2. The maximum absolute atomic E-state index is 9.21. The maximum Gasteiger partial charge on any atom is 0.119 e. The van der Waals surface area contributed by atoms with Crippen molar-refractivity contribution in [1.82, 2.24) is 10.4 Å². The number of rotatable bonds is 10. The third-order valence-electron chi connectivity index (χ3n) is 5.53. The summed E-state index contributed by atoms with van der Waals surface area (Å²) in [4.78, 5) is 4.44. The molecule has 3 rings (SSSR count). The first-order valence-electron chi connectivity index (χ1n) is 10.8. The van der Waals surface area contributed by atoms with E-state index in [2.05, 4.69) is 91.6 Å². The third-order valence-corrected chi connectivity index (χ3v) is 6.37. The molecule has 0 amide bonds. The van der Waals surface area contributed by atoms with E-state index < -0.39 is 0 Å². The highest BCUT2D eigenvalue weighted by Gasteiger charge is 2.12. The van der Waals surface area contributed by atoms with Crippen LogP contribution in [0.2, 0.25) is 0 Å². The average Bonchev–Trinajstić information content (AvgIpc) is 3.25. The van der Waals surface area contributed by atoms with Crippen LogP contribution in [0.4, 0.5) is 5.69 Å². The van der Waals surface area contributed by atoms with Crippen LogP contribution in [0.3, 0.4) is 0 Å². The molecular formula is C25H33N3OS. The first-order chi connectivity index (χ1) is 14.5. The van der Waals surface area contributed by atoms with Crippen molar-refractivity contribution in [3.63, 3.8) is 0 Å². The van der Waals surface area contributed by atoms with Crippen molar-refractivity contribution in [2.45, 2.75) is 65.6 Å². The Morgan fingerprint density at radius 2 is 1.67 bits per heavy atom. The fraction of sp³-hybridized carbons (Fsp3) is 0.400. The SMILES string of the molecule is CCC(CC)c1ccc(N(NCc2ccc(-c3csc(CO)n3)cc2)C(C)C)cc1. The van der Waals surface area contributed by atoms with Crippen molar-refractivity contribution in [1.29, 1.82) is 0 Å². The van der Waals surface area contributed by atoms with E-state index in [4.69, 9.17) is 0 Å². The van der Waals surface area contributed by atoms with Gasteiger partial charge in [0.1, 0.15) is 5.01 Å². The van der Waals surface area contributed by atoms with Crippen LogP contribution in [0.1, 0.15) is 62.6 Å². The molecule has 0 saturated heterocycles. The normalized spacial score (nSPS) is 11.4. The number of aromatic nitrogens is 1. The molecule has 0 unspecified atom stereocenters. The standard InChI is InChI=1S/C25H33N3OS/c1-5-20(6-2)21-11-13-23(14-12-21)28(18(3)4)26-15-19-7-9-22(10-8-19)24-17-30-25(16-29)27-24/h7-14,17-18,20,26,29H,5-6,15-16H2,1-4H3. The van der Waals surface area contributed by atoms with E-state index in [1.807, 2.05) is 5.38 Å². The Kier molecular flexibility index (Phi) is 8.02. The predicted octanol–water partition coefficient (Wildman–Crippen LogP) is 6.13. The third kappa shape index (κ3) is 5.48. The molecule has 0 radical (unpaired) electrons. The summed E-state index contributed by atoms with van der Waals surface area (Å²) in [6, 6.07) is 17.8. The number of hydrogen-bond donors (Lipinski definition) is 2. The monoisotopic (exact) mass is 423 g/mol. The highest BCUT2D eigenvalue weighted by molar-refractivity contribution is 7.09. The van der Waals surface area contributed by atoms with Gasteiger partial charge in [0.15, 0.2) is 0 Å². The average molecular weight is 424 g/mol. The highest BCUT2D eigenvalue weighted by Crippen LogP contribution is 2.26. The fourth-order valence-electron chi connectivity index (χ4n) is 3.73. The molecule has 0 atom stereocenters. The van der Waals surface area contributed by atoms with Crippen LogP contribution < -0.4 is 10.4 Å². The lowest BCUT2D eigenvalue weighted by molar-refractivity contribution is 0.281. The van der Waals surface area contributed by atoms with Crippen molar-refractivity contribution < 1.29 is 5.11 Å². The molecule has 2 N–H and O–H groups in total. The number of hydrazine groups is 1. The molecule has 160 valence electrons. The Balaban J connectivity index is 1.66. The first-order valence-corrected chi connectivity index (χ1v) is 11.7. The quantitative estimate of drug-likeness (QED) is 0.385. The van der Waals surface area contributed by atoms with Crippen LogP contribution in [0.15, 0.2) is 53.9 Å². The molecule has 0 saturated carbocycles. The maximum atomic E-state index is 9.21. The zero-order valence-electron chi connectivity index (χ0n) is 18.4. The zero-order chi connectivity index (χ0) is 21.5. The van der Waals surface area contributed by atoms with E-state index >= 15 is 0 Å². The Hall–Kier alpha value is -2.21. The Bertz CT molecular complexity index is 899. The van der Waals surface area contributed by atoms with Crippen LogP contribution in [-0.4, -0.2) is 16.1 Å². The van der Waals surface area contributed by atoms with Crippen molar-refractivity contribution >= 4 is 17.0 Å². The van der Waals surface area contributed by atoms with Gasteiger partial charge >= 0.3 is 0 Å². The molecule has 3 aromatic rings. The van der Waals surface area contributed by atoms with Gasteiger partial charge < -0.3 is 10.1 Å². The van der Waals surface area contributed by atoms with Crippen LogP contribution in [0.25, 0.3) is 11.3 Å². The Labute approximate surface area is 184 Å². The molecule has 0 aliphatic rings. The molecule has 0 aliphatic carbocycles. The summed E-state index contributed by atoms with van der Waals surface area (Å²) in [6.45, 7) is 9.67. The van der Waals surface area contributed by atoms with Crippen LogP contribution >= 0.6 is 11.3 Å². The molecule has 1 heterocycles. The number of anilines is 1. The summed E-state index contributed by atoms with van der Waals surface area (Å²) < 4.78 is 0. The lowest BCUT2D eigenvalue weighted by Gasteiger charge is -2.30. The number of hydrogen-bond acceptors (Lipinski definition) is 5. The van der Waals surface area contributed by atoms with Crippen molar-refractivity contribution in [2.75, 3.05) is 5.01 Å². The minimum absolute atomic E-state index is 0.00374.